The third-order valence-electron chi connectivity index (χ3n) is 7.74. The zero-order valence-corrected chi connectivity index (χ0v) is 22.9. The van der Waals surface area contributed by atoms with Crippen molar-refractivity contribution in [2.75, 3.05) is 11.9 Å². The molecule has 0 N–H and O–H groups in total. The number of piperidine rings is 1. The van der Waals surface area contributed by atoms with E-state index in [1.165, 1.54) is 19.1 Å². The first kappa shape index (κ1) is 27.1. The lowest BCUT2D eigenvalue weighted by Crippen LogP contribution is -2.60. The molecule has 0 aromatic heterocycles. The van der Waals surface area contributed by atoms with E-state index in [-0.39, 0.29) is 29.6 Å². The molecule has 4 rings (SSSR count). The molecule has 2 aliphatic rings. The number of aryl methyl sites for hydroxylation is 1. The van der Waals surface area contributed by atoms with Gasteiger partial charge in [0.15, 0.2) is 5.78 Å². The second kappa shape index (κ2) is 9.75. The number of benzene rings is 2. The van der Waals surface area contributed by atoms with Crippen LogP contribution in [0.4, 0.5) is 18.9 Å². The normalized spacial score (nSPS) is 21.4. The van der Waals surface area contributed by atoms with Crippen molar-refractivity contribution < 1.29 is 18.0 Å². The Bertz CT molecular complexity index is 1310. The second-order valence-corrected chi connectivity index (χ2v) is 11.1. The fourth-order valence-corrected chi connectivity index (χ4v) is 6.13. The van der Waals surface area contributed by atoms with E-state index in [1.54, 1.807) is 6.07 Å². The van der Waals surface area contributed by atoms with E-state index in [2.05, 4.69) is 23.1 Å². The molecule has 0 aliphatic carbocycles. The summed E-state index contributed by atoms with van der Waals surface area (Å²) < 4.78 is 40.4. The third-order valence-corrected chi connectivity index (χ3v) is 8.22. The maximum atomic E-state index is 13.5. The molecule has 37 heavy (non-hydrogen) atoms. The smallest absolute Gasteiger partial charge is 0.351 e. The molecule has 0 bridgehead atoms. The number of carbonyl (C=O) groups excluding carboxylic acids is 1. The fraction of sp³-hybridized carbons (Fsp3) is 0.400. The summed E-state index contributed by atoms with van der Waals surface area (Å²) in [6.07, 6.45) is 2.40. The van der Waals surface area contributed by atoms with Crippen LogP contribution in [-0.2, 0) is 17.4 Å². The molecule has 2 unspecified atom stereocenters. The van der Waals surface area contributed by atoms with Crippen molar-refractivity contribution in [3.05, 3.63) is 76.5 Å². The number of fused-ring (bicyclic) bond motifs is 1. The van der Waals surface area contributed by atoms with Crippen molar-refractivity contribution in [3.8, 4) is 0 Å². The number of anilines is 1. The summed E-state index contributed by atoms with van der Waals surface area (Å²) >= 11 is 6.02. The van der Waals surface area contributed by atoms with Gasteiger partial charge in [-0.05, 0) is 81.0 Å². The van der Waals surface area contributed by atoms with Crippen LogP contribution in [0.15, 0.2) is 48.7 Å². The van der Waals surface area contributed by atoms with Crippen molar-refractivity contribution in [3.63, 3.8) is 0 Å². The Kier molecular flexibility index (Phi) is 7.14. The summed E-state index contributed by atoms with van der Waals surface area (Å²) in [4.78, 5) is 18.1. The lowest BCUT2D eigenvalue weighted by atomic mass is 9.76. The first-order valence-electron chi connectivity index (χ1n) is 12.5. The number of halogens is 3. The summed E-state index contributed by atoms with van der Waals surface area (Å²) in [7, 11) is 1.99. The summed E-state index contributed by atoms with van der Waals surface area (Å²) in [6.45, 7) is 9.21. The Morgan fingerprint density at radius 1 is 1.19 bits per heavy atom. The van der Waals surface area contributed by atoms with Gasteiger partial charge in [0.2, 0.25) is 0 Å². The molecular formula is C30H33F3N2OS. The van der Waals surface area contributed by atoms with Gasteiger partial charge in [-0.15, -0.1) is 0 Å². The van der Waals surface area contributed by atoms with Gasteiger partial charge in [-0.2, -0.15) is 13.2 Å². The highest BCUT2D eigenvalue weighted by Gasteiger charge is 2.46. The molecular weight excluding hydrogens is 493 g/mol. The van der Waals surface area contributed by atoms with E-state index in [0.29, 0.717) is 17.0 Å². The van der Waals surface area contributed by atoms with Crippen LogP contribution in [0.3, 0.4) is 0 Å². The number of allylic oxidation sites excluding steroid dienone is 1. The van der Waals surface area contributed by atoms with Gasteiger partial charge in [-0.1, -0.05) is 43.4 Å². The molecule has 0 saturated carbocycles. The number of rotatable bonds is 4. The van der Waals surface area contributed by atoms with Gasteiger partial charge in [0.05, 0.1) is 16.1 Å². The monoisotopic (exact) mass is 526 g/mol. The van der Waals surface area contributed by atoms with E-state index in [4.69, 9.17) is 12.2 Å². The molecule has 1 saturated heterocycles. The van der Waals surface area contributed by atoms with Gasteiger partial charge in [0.25, 0.3) is 0 Å². The molecule has 1 fully saturated rings. The van der Waals surface area contributed by atoms with Crippen molar-refractivity contribution in [1.82, 2.24) is 4.90 Å². The summed E-state index contributed by atoms with van der Waals surface area (Å²) in [6, 6.07) is 10.6. The first-order chi connectivity index (χ1) is 17.3. The number of carbonyl (C=O) groups is 1. The van der Waals surface area contributed by atoms with Crippen LogP contribution in [0.25, 0.3) is 11.8 Å². The number of hydrogen-bond donors (Lipinski definition) is 0. The van der Waals surface area contributed by atoms with Gasteiger partial charge in [-0.25, -0.2) is 0 Å². The molecule has 2 aromatic carbocycles. The van der Waals surface area contributed by atoms with E-state index in [0.717, 1.165) is 22.5 Å². The topological polar surface area (TPSA) is 23.6 Å². The van der Waals surface area contributed by atoms with Crippen LogP contribution in [0.5, 0.6) is 0 Å². The molecule has 2 aliphatic heterocycles. The molecule has 3 nitrogen and oxygen atoms in total. The predicted molar refractivity (Wildman–Crippen MR) is 148 cm³/mol. The SMILES string of the molecule is C/C=C1\c2cc(N3C(=S)C(C(C)Cc4ccc(C)c(C(F)(F)F)c4)CC(=O)C3(C)C)ccc2C=CN1C. The maximum absolute atomic E-state index is 13.5. The quantitative estimate of drug-likeness (QED) is 0.382. The number of thiocarbonyl (C=S) groups is 1. The van der Waals surface area contributed by atoms with Crippen LogP contribution < -0.4 is 4.90 Å². The fourth-order valence-electron chi connectivity index (χ4n) is 5.49. The highest BCUT2D eigenvalue weighted by atomic mass is 32.1. The highest BCUT2D eigenvalue weighted by molar-refractivity contribution is 7.80. The average Bonchev–Trinajstić information content (AvgIpc) is 2.81. The van der Waals surface area contributed by atoms with E-state index < -0.39 is 17.3 Å². The Hall–Kier alpha value is -2.93. The van der Waals surface area contributed by atoms with Crippen LogP contribution >= 0.6 is 12.2 Å². The first-order valence-corrected chi connectivity index (χ1v) is 12.9. The molecule has 2 heterocycles. The van der Waals surface area contributed by atoms with Gasteiger partial charge in [-0.3, -0.25) is 4.79 Å². The van der Waals surface area contributed by atoms with Crippen molar-refractivity contribution >= 4 is 40.5 Å². The largest absolute Gasteiger partial charge is 0.416 e. The van der Waals surface area contributed by atoms with E-state index in [9.17, 15) is 18.0 Å². The van der Waals surface area contributed by atoms with Crippen LogP contribution in [0.2, 0.25) is 0 Å². The van der Waals surface area contributed by atoms with Crippen LogP contribution in [0.1, 0.15) is 61.9 Å². The number of alkyl halides is 3. The molecule has 2 aromatic rings. The summed E-state index contributed by atoms with van der Waals surface area (Å²) in [5, 5.41) is 0. The lowest BCUT2D eigenvalue weighted by molar-refractivity contribution is -0.138. The molecule has 7 heteroatoms. The van der Waals surface area contributed by atoms with Crippen LogP contribution in [-0.4, -0.2) is 28.3 Å². The Morgan fingerprint density at radius 3 is 2.54 bits per heavy atom. The van der Waals surface area contributed by atoms with Gasteiger partial charge >= 0.3 is 6.18 Å². The van der Waals surface area contributed by atoms with Gasteiger partial charge in [0, 0.05) is 42.5 Å². The summed E-state index contributed by atoms with van der Waals surface area (Å²) in [5.74, 6) is -0.304. The summed E-state index contributed by atoms with van der Waals surface area (Å²) in [5.41, 5.74) is 3.41. The standard InChI is InChI=1S/C30H33F3N2OS/c1-7-26-24-16-22(11-10-21(24)12-13-34(26)6)35-28(37)23(17-27(36)29(35,4)5)19(3)14-20-9-8-18(2)25(15-20)30(31,32)33/h7-13,15-16,19,23H,14,17H2,1-6H3/b26-7+. The average molecular weight is 527 g/mol. The number of hydrogen-bond acceptors (Lipinski definition) is 3. The Morgan fingerprint density at radius 2 is 1.89 bits per heavy atom. The van der Waals surface area contributed by atoms with Crippen molar-refractivity contribution in [2.24, 2.45) is 11.8 Å². The van der Waals surface area contributed by atoms with Gasteiger partial charge < -0.3 is 9.80 Å². The number of ketones is 1. The molecule has 0 radical (unpaired) electrons. The maximum Gasteiger partial charge on any atom is 0.416 e. The zero-order chi connectivity index (χ0) is 27.3. The Balaban J connectivity index is 1.68. The molecule has 0 amide bonds. The van der Waals surface area contributed by atoms with E-state index in [1.807, 2.05) is 58.0 Å². The van der Waals surface area contributed by atoms with Crippen LogP contribution in [0, 0.1) is 18.8 Å². The predicted octanol–water partition coefficient (Wildman–Crippen LogP) is 7.67. The number of Topliss-reactive ketones (excluding diaryl/α,β-unsaturated/α-hetero) is 1. The minimum atomic E-state index is -4.40. The minimum Gasteiger partial charge on any atom is -0.351 e. The van der Waals surface area contributed by atoms with E-state index >= 15 is 0 Å². The van der Waals surface area contributed by atoms with Crippen molar-refractivity contribution in [1.29, 1.82) is 0 Å². The third kappa shape index (κ3) is 4.98. The highest BCUT2D eigenvalue weighted by Crippen LogP contribution is 2.41. The molecule has 196 valence electrons. The Labute approximate surface area is 222 Å². The molecule has 2 atom stereocenters. The second-order valence-electron chi connectivity index (χ2n) is 10.7. The minimum absolute atomic E-state index is 0.0684. The lowest BCUT2D eigenvalue weighted by Gasteiger charge is -2.47. The van der Waals surface area contributed by atoms with Gasteiger partial charge in [0.1, 0.15) is 0 Å². The molecule has 0 spiro atoms. The number of nitrogens with zero attached hydrogens (tertiary/aromatic N) is 2. The van der Waals surface area contributed by atoms with Crippen molar-refractivity contribution in [2.45, 2.75) is 59.2 Å². The zero-order valence-electron chi connectivity index (χ0n) is 22.1.